The van der Waals surface area contributed by atoms with E-state index in [2.05, 4.69) is 86.6 Å². The number of ether oxygens (including phenoxy) is 1. The van der Waals surface area contributed by atoms with Crippen molar-refractivity contribution in [2.45, 2.75) is 105 Å². The number of halogens is 5. The van der Waals surface area contributed by atoms with Crippen LogP contribution in [0.25, 0.3) is 72.1 Å². The predicted molar refractivity (Wildman–Crippen MR) is 341 cm³/mol. The van der Waals surface area contributed by atoms with Crippen LogP contribution in [0.15, 0.2) is 176 Å². The summed E-state index contributed by atoms with van der Waals surface area (Å²) in [6.07, 6.45) is 1.79. The Morgan fingerprint density at radius 2 is 1.02 bits per heavy atom. The third-order valence-corrected chi connectivity index (χ3v) is 15.9. The van der Waals surface area contributed by atoms with Gasteiger partial charge in [0.2, 0.25) is 5.82 Å². The largest absolute Gasteiger partial charge is 0.509 e. The van der Waals surface area contributed by atoms with Gasteiger partial charge >= 0.3 is 0 Å². The Bertz CT molecular complexity index is 4640. The Labute approximate surface area is 527 Å². The van der Waals surface area contributed by atoms with Gasteiger partial charge < -0.3 is 19.1 Å². The number of hydrogen-bond donors (Lipinski definition) is 0. The standard InChI is InChI=1S/C76H66F5N4O.Pt/c1-73(2,3)50-28-26-46(27-29-50)47-36-54(42-56(37-47)86-55-30-31-58-57-22-16-17-23-61(57)85(64(58)43-55)65-41-51(32-33-82-65)74(4,5)6)83-44-84(63-25-19-18-24-62(63)83)72-59(49-34-52(75(7,8)9)40-53(35-49)76(10,11)12)38-48(45-20-14-13-15-21-45)39-60(72)66-67(77)69(79)71(81)70(80)68(66)78;/h13-41,44H,1-12H3;/q-3;/i26D,27D,28D,29D;. The van der Waals surface area contributed by atoms with E-state index >= 15 is 22.0 Å². The molecule has 11 heteroatoms. The van der Waals surface area contributed by atoms with E-state index < -0.39 is 50.9 Å². The van der Waals surface area contributed by atoms with Crippen molar-refractivity contribution >= 4 is 44.6 Å². The van der Waals surface area contributed by atoms with Gasteiger partial charge in [-0.3, -0.25) is 0 Å². The number of benzene rings is 9. The summed E-state index contributed by atoms with van der Waals surface area (Å²) in [4.78, 5) is 8.25. The Kier molecular flexibility index (Phi) is 14.2. The fourth-order valence-corrected chi connectivity index (χ4v) is 11.1. The summed E-state index contributed by atoms with van der Waals surface area (Å²) < 4.78 is 128. The third kappa shape index (κ3) is 11.3. The molecule has 0 bridgehead atoms. The number of nitrogens with zero attached hydrogens (tertiary/aromatic N) is 4. The van der Waals surface area contributed by atoms with Crippen molar-refractivity contribution in [2.75, 3.05) is 9.80 Å². The molecule has 12 rings (SSSR count). The van der Waals surface area contributed by atoms with Crippen molar-refractivity contribution in [3.8, 4) is 61.8 Å². The smallest absolute Gasteiger partial charge is 0.200 e. The molecular weight excluding hydrogens is 1270 g/mol. The summed E-state index contributed by atoms with van der Waals surface area (Å²) in [5.41, 5.74) is 4.95. The monoisotopic (exact) mass is 1340 g/mol. The minimum absolute atomic E-state index is 0. The molecule has 0 N–H and O–H groups in total. The minimum Gasteiger partial charge on any atom is -0.509 e. The molecule has 2 aromatic heterocycles. The molecule has 87 heavy (non-hydrogen) atoms. The molecule has 1 aliphatic heterocycles. The number of rotatable bonds is 9. The van der Waals surface area contributed by atoms with Crippen molar-refractivity contribution in [3.05, 3.63) is 246 Å². The van der Waals surface area contributed by atoms with Gasteiger partial charge in [-0.25, -0.2) is 26.9 Å². The maximum Gasteiger partial charge on any atom is 0.200 e. The summed E-state index contributed by atoms with van der Waals surface area (Å²) >= 11 is 0. The number of anilines is 4. The first kappa shape index (κ1) is 55.3. The third-order valence-electron chi connectivity index (χ3n) is 15.9. The van der Waals surface area contributed by atoms with Gasteiger partial charge in [-0.2, -0.15) is 6.07 Å². The second-order valence-electron chi connectivity index (χ2n) is 26.2. The summed E-state index contributed by atoms with van der Waals surface area (Å²) in [6, 6.07) is 50.7. The summed E-state index contributed by atoms with van der Waals surface area (Å²) in [5, 5.41) is 1.84. The fraction of sp³-hybridized carbons (Fsp3) is 0.211. The van der Waals surface area contributed by atoms with Crippen LogP contribution in [0.3, 0.4) is 0 Å². The van der Waals surface area contributed by atoms with Crippen LogP contribution < -0.4 is 14.5 Å². The van der Waals surface area contributed by atoms with E-state index in [1.165, 1.54) is 6.07 Å². The van der Waals surface area contributed by atoms with Crippen LogP contribution >= 0.6 is 0 Å². The van der Waals surface area contributed by atoms with Gasteiger partial charge in [0, 0.05) is 72.5 Å². The molecule has 0 saturated carbocycles. The molecule has 0 aliphatic carbocycles. The van der Waals surface area contributed by atoms with Crippen LogP contribution in [0, 0.1) is 47.9 Å². The molecule has 0 saturated heterocycles. The summed E-state index contributed by atoms with van der Waals surface area (Å²) in [7, 11) is 0. The second kappa shape index (κ2) is 22.4. The number of hydrogen-bond acceptors (Lipinski definition) is 4. The summed E-state index contributed by atoms with van der Waals surface area (Å²) in [5.74, 6) is -9.52. The molecular formula is C76H66F5N4OPt-3. The zero-order chi connectivity index (χ0) is 64.4. The van der Waals surface area contributed by atoms with Crippen molar-refractivity contribution in [3.63, 3.8) is 0 Å². The topological polar surface area (TPSA) is 33.5 Å². The Morgan fingerprint density at radius 3 is 1.66 bits per heavy atom. The van der Waals surface area contributed by atoms with Crippen molar-refractivity contribution in [2.24, 2.45) is 0 Å². The first-order valence-corrected chi connectivity index (χ1v) is 28.6. The average Bonchev–Trinajstić information content (AvgIpc) is 1.70. The predicted octanol–water partition coefficient (Wildman–Crippen LogP) is 21.5. The number of aromatic nitrogens is 2. The van der Waals surface area contributed by atoms with E-state index in [9.17, 15) is 5.48 Å². The molecule has 0 radical (unpaired) electrons. The van der Waals surface area contributed by atoms with Gasteiger partial charge in [0.05, 0.1) is 11.0 Å². The van der Waals surface area contributed by atoms with Crippen LogP contribution in [0.4, 0.5) is 44.7 Å². The molecule has 11 aromatic rings. The Balaban J connectivity index is 0.00000850. The molecule has 444 valence electrons. The minimum atomic E-state index is -2.29. The zero-order valence-electron chi connectivity index (χ0n) is 54.4. The van der Waals surface area contributed by atoms with Crippen LogP contribution in [0.2, 0.25) is 0 Å². The average molecular weight is 1350 g/mol. The maximum atomic E-state index is 17.0. The quantitative estimate of drug-likeness (QED) is 0.0624. The molecule has 3 heterocycles. The molecule has 9 aromatic carbocycles. The summed E-state index contributed by atoms with van der Waals surface area (Å²) in [6.45, 7) is 26.0. The van der Waals surface area contributed by atoms with Gasteiger partial charge in [-0.15, -0.1) is 53.6 Å². The number of para-hydroxylation sites is 3. The van der Waals surface area contributed by atoms with E-state index in [0.717, 1.165) is 33.0 Å². The molecule has 0 unspecified atom stereocenters. The van der Waals surface area contributed by atoms with Gasteiger partial charge in [0.15, 0.2) is 23.3 Å². The van der Waals surface area contributed by atoms with E-state index in [0.29, 0.717) is 45.0 Å². The van der Waals surface area contributed by atoms with E-state index in [-0.39, 0.29) is 95.8 Å². The first-order chi connectivity index (χ1) is 42.4. The first-order valence-electron chi connectivity index (χ1n) is 30.6. The van der Waals surface area contributed by atoms with E-state index in [1.807, 2.05) is 98.1 Å². The van der Waals surface area contributed by atoms with Crippen LogP contribution in [0.5, 0.6) is 11.5 Å². The van der Waals surface area contributed by atoms with Gasteiger partial charge in [0.1, 0.15) is 5.82 Å². The molecule has 0 amide bonds. The van der Waals surface area contributed by atoms with Crippen molar-refractivity contribution in [1.29, 1.82) is 0 Å². The number of pyridine rings is 1. The fourth-order valence-electron chi connectivity index (χ4n) is 11.1. The van der Waals surface area contributed by atoms with Gasteiger partial charge in [-0.1, -0.05) is 192 Å². The maximum absolute atomic E-state index is 17.0. The molecule has 0 spiro atoms. The molecule has 1 aliphatic rings. The second-order valence-corrected chi connectivity index (χ2v) is 26.2. The molecule has 0 atom stereocenters. The van der Waals surface area contributed by atoms with Crippen LogP contribution in [-0.4, -0.2) is 9.55 Å². The van der Waals surface area contributed by atoms with Crippen LogP contribution in [0.1, 0.15) is 111 Å². The van der Waals surface area contributed by atoms with Crippen molar-refractivity contribution < 1.29 is 53.2 Å². The Hall–Kier alpha value is -8.33. The SMILES string of the molecule is [2H]c1c([2H])c(C(C)(C)C)c([2H])c([2H])c1-c1cc(Oc2[c-]c3c(cc2)c2ccccc2n3-c2cc(C(C)(C)C)ccn2)[c-]c(N2[CH-]N(c3c(-c4cc(C(C)(C)C)cc(C(C)(C)C)c4)cc(-c4ccccc4)cc3-c3c(F)c(F)c(F)c(F)c3F)c3ccccc32)c1.[Pt]. The number of fused-ring (bicyclic) bond motifs is 4. The van der Waals surface area contributed by atoms with Crippen molar-refractivity contribution in [1.82, 2.24) is 9.55 Å². The van der Waals surface area contributed by atoms with Gasteiger partial charge in [-0.05, 0) is 114 Å². The molecule has 5 nitrogen and oxygen atoms in total. The Morgan fingerprint density at radius 1 is 0.460 bits per heavy atom. The zero-order valence-corrected chi connectivity index (χ0v) is 52.7. The van der Waals surface area contributed by atoms with Crippen LogP contribution in [-0.2, 0) is 42.7 Å². The normalized spacial score (nSPS) is 13.6. The van der Waals surface area contributed by atoms with Gasteiger partial charge in [0.25, 0.3) is 0 Å². The molecule has 0 fully saturated rings. The van der Waals surface area contributed by atoms with E-state index in [1.54, 1.807) is 77.3 Å². The van der Waals surface area contributed by atoms with E-state index in [4.69, 9.17) is 9.72 Å².